The van der Waals surface area contributed by atoms with Gasteiger partial charge in [-0.2, -0.15) is 0 Å². The minimum Gasteiger partial charge on any atom is -0.321 e. The molecule has 0 spiro atoms. The first-order valence-electron chi connectivity index (χ1n) is 5.80. The molecule has 1 saturated carbocycles. The Labute approximate surface area is 95.6 Å². The van der Waals surface area contributed by atoms with Crippen LogP contribution in [0, 0.1) is 0 Å². The second-order valence-corrected chi connectivity index (χ2v) is 5.37. The molecule has 0 unspecified atom stereocenters. The first kappa shape index (κ1) is 9.68. The quantitative estimate of drug-likeness (QED) is 0.775. The van der Waals surface area contributed by atoms with Crippen molar-refractivity contribution < 1.29 is 0 Å². The van der Waals surface area contributed by atoms with Crippen molar-refractivity contribution in [3.8, 4) is 0 Å². The lowest BCUT2D eigenvalue weighted by molar-refractivity contribution is 0.676. The first-order chi connectivity index (χ1) is 7.19. The van der Waals surface area contributed by atoms with Crippen LogP contribution >= 0.6 is 11.6 Å². The maximum absolute atomic E-state index is 6.33. The third-order valence-electron chi connectivity index (χ3n) is 3.77. The largest absolute Gasteiger partial charge is 0.321 e. The predicted molar refractivity (Wildman–Crippen MR) is 63.2 cm³/mol. The minimum absolute atomic E-state index is 0.0455. The van der Waals surface area contributed by atoms with Crippen LogP contribution < -0.4 is 5.73 Å². The number of hydrogen-bond acceptors (Lipinski definition) is 1. The molecule has 2 aliphatic carbocycles. The highest BCUT2D eigenvalue weighted by Gasteiger charge is 2.40. The van der Waals surface area contributed by atoms with E-state index in [4.69, 9.17) is 17.3 Å². The van der Waals surface area contributed by atoms with Crippen LogP contribution in [0.4, 0.5) is 0 Å². The first-order valence-corrected chi connectivity index (χ1v) is 6.17. The normalized spacial score (nSPS) is 22.3. The summed E-state index contributed by atoms with van der Waals surface area (Å²) in [5.74, 6) is 0. The summed E-state index contributed by atoms with van der Waals surface area (Å²) in [5.41, 5.74) is 10.2. The molecule has 2 heteroatoms. The fourth-order valence-electron chi connectivity index (χ4n) is 2.52. The van der Waals surface area contributed by atoms with Crippen molar-refractivity contribution in [3.05, 3.63) is 33.8 Å². The Hall–Kier alpha value is -0.530. The van der Waals surface area contributed by atoms with Gasteiger partial charge >= 0.3 is 0 Å². The second-order valence-electron chi connectivity index (χ2n) is 4.96. The molecule has 0 radical (unpaired) electrons. The third-order valence-corrected chi connectivity index (χ3v) is 4.11. The van der Waals surface area contributed by atoms with E-state index in [0.29, 0.717) is 0 Å². The van der Waals surface area contributed by atoms with E-state index in [2.05, 4.69) is 12.1 Å². The highest BCUT2D eigenvalue weighted by atomic mass is 35.5. The van der Waals surface area contributed by atoms with E-state index in [9.17, 15) is 0 Å². The van der Waals surface area contributed by atoms with Gasteiger partial charge < -0.3 is 5.73 Å². The molecule has 15 heavy (non-hydrogen) atoms. The molecule has 0 aliphatic heterocycles. The lowest BCUT2D eigenvalue weighted by atomic mass is 9.88. The Morgan fingerprint density at radius 2 is 1.87 bits per heavy atom. The van der Waals surface area contributed by atoms with Crippen LogP contribution in [0.2, 0.25) is 5.02 Å². The second kappa shape index (κ2) is 3.23. The van der Waals surface area contributed by atoms with Crippen LogP contribution in [-0.4, -0.2) is 0 Å². The van der Waals surface area contributed by atoms with Crippen LogP contribution in [0.5, 0.6) is 0 Å². The zero-order valence-electron chi connectivity index (χ0n) is 8.85. The summed E-state index contributed by atoms with van der Waals surface area (Å²) in [4.78, 5) is 0. The summed E-state index contributed by atoms with van der Waals surface area (Å²) in [7, 11) is 0. The lowest BCUT2D eigenvalue weighted by Gasteiger charge is -2.20. The van der Waals surface area contributed by atoms with Gasteiger partial charge in [0.2, 0.25) is 0 Å². The van der Waals surface area contributed by atoms with Crippen molar-refractivity contribution >= 4 is 11.6 Å². The molecular formula is C13H16ClN. The maximum atomic E-state index is 6.33. The van der Waals surface area contributed by atoms with Crippen LogP contribution in [0.15, 0.2) is 12.1 Å². The maximum Gasteiger partial charge on any atom is 0.0444 e. The van der Waals surface area contributed by atoms with Crippen molar-refractivity contribution in [1.29, 1.82) is 0 Å². The Balaban J connectivity index is 2.08. The SMILES string of the molecule is NC1(c2cc(Cl)c3c(c2)CCCC3)CC1. The van der Waals surface area contributed by atoms with Gasteiger partial charge in [-0.1, -0.05) is 17.7 Å². The molecule has 1 nitrogen and oxygen atoms in total. The summed E-state index contributed by atoms with van der Waals surface area (Å²) in [6.07, 6.45) is 7.12. The van der Waals surface area contributed by atoms with E-state index in [1.54, 1.807) is 0 Å². The Morgan fingerprint density at radius 1 is 1.13 bits per heavy atom. The molecule has 2 N–H and O–H groups in total. The molecule has 1 aromatic rings. The highest BCUT2D eigenvalue weighted by Crippen LogP contribution is 2.44. The number of rotatable bonds is 1. The monoisotopic (exact) mass is 221 g/mol. The van der Waals surface area contributed by atoms with Crippen LogP contribution in [0.25, 0.3) is 0 Å². The molecular weight excluding hydrogens is 206 g/mol. The smallest absolute Gasteiger partial charge is 0.0444 e. The van der Waals surface area contributed by atoms with Gasteiger partial charge in [0.25, 0.3) is 0 Å². The van der Waals surface area contributed by atoms with Gasteiger partial charge in [-0.25, -0.2) is 0 Å². The number of nitrogens with two attached hydrogens (primary N) is 1. The van der Waals surface area contributed by atoms with Crippen LogP contribution in [0.3, 0.4) is 0 Å². The fourth-order valence-corrected chi connectivity index (χ4v) is 2.86. The molecule has 2 aliphatic rings. The topological polar surface area (TPSA) is 26.0 Å². The molecule has 80 valence electrons. The molecule has 0 aromatic heterocycles. The highest BCUT2D eigenvalue weighted by molar-refractivity contribution is 6.31. The van der Waals surface area contributed by atoms with Crippen molar-refractivity contribution in [3.63, 3.8) is 0 Å². The summed E-state index contributed by atoms with van der Waals surface area (Å²) in [6.45, 7) is 0. The molecule has 0 heterocycles. The molecule has 0 amide bonds. The average molecular weight is 222 g/mol. The van der Waals surface area contributed by atoms with Gasteiger partial charge in [0, 0.05) is 10.6 Å². The van der Waals surface area contributed by atoms with Crippen molar-refractivity contribution in [2.75, 3.05) is 0 Å². The summed E-state index contributed by atoms with van der Waals surface area (Å²) < 4.78 is 0. The number of hydrogen-bond donors (Lipinski definition) is 1. The van der Waals surface area contributed by atoms with E-state index in [-0.39, 0.29) is 5.54 Å². The van der Waals surface area contributed by atoms with Gasteiger partial charge in [-0.05, 0) is 61.3 Å². The standard InChI is InChI=1S/C13H16ClN/c14-12-8-10(13(15)5-6-13)7-9-3-1-2-4-11(9)12/h7-8H,1-6,15H2. The Morgan fingerprint density at radius 3 is 2.60 bits per heavy atom. The van der Waals surface area contributed by atoms with E-state index >= 15 is 0 Å². The van der Waals surface area contributed by atoms with Gasteiger partial charge in [0.05, 0.1) is 0 Å². The van der Waals surface area contributed by atoms with Crippen molar-refractivity contribution in [1.82, 2.24) is 0 Å². The molecule has 0 atom stereocenters. The molecule has 0 bridgehead atoms. The molecule has 1 fully saturated rings. The van der Waals surface area contributed by atoms with Gasteiger partial charge in [0.1, 0.15) is 0 Å². The summed E-state index contributed by atoms with van der Waals surface area (Å²) >= 11 is 6.33. The van der Waals surface area contributed by atoms with E-state index < -0.39 is 0 Å². The van der Waals surface area contributed by atoms with E-state index in [1.807, 2.05) is 0 Å². The van der Waals surface area contributed by atoms with Gasteiger partial charge in [-0.15, -0.1) is 0 Å². The Bertz CT molecular complexity index is 407. The minimum atomic E-state index is -0.0455. The van der Waals surface area contributed by atoms with Gasteiger partial charge in [0.15, 0.2) is 0 Å². The Kier molecular flexibility index (Phi) is 2.08. The number of aryl methyl sites for hydroxylation is 1. The van der Waals surface area contributed by atoms with Crippen molar-refractivity contribution in [2.45, 2.75) is 44.1 Å². The van der Waals surface area contributed by atoms with E-state index in [1.165, 1.54) is 36.0 Å². The number of fused-ring (bicyclic) bond motifs is 1. The summed E-state index contributed by atoms with van der Waals surface area (Å²) in [5, 5.41) is 0.943. The zero-order valence-corrected chi connectivity index (χ0v) is 9.61. The zero-order chi connectivity index (χ0) is 10.5. The van der Waals surface area contributed by atoms with Crippen molar-refractivity contribution in [2.24, 2.45) is 5.73 Å². The lowest BCUT2D eigenvalue weighted by Crippen LogP contribution is -2.19. The molecule has 1 aromatic carbocycles. The fraction of sp³-hybridized carbons (Fsp3) is 0.538. The van der Waals surface area contributed by atoms with Crippen LogP contribution in [-0.2, 0) is 18.4 Å². The third kappa shape index (κ3) is 1.58. The number of halogens is 1. The average Bonchev–Trinajstić information content (AvgIpc) is 2.98. The number of benzene rings is 1. The van der Waals surface area contributed by atoms with E-state index in [0.717, 1.165) is 24.3 Å². The molecule has 0 saturated heterocycles. The van der Waals surface area contributed by atoms with Gasteiger partial charge in [-0.3, -0.25) is 0 Å². The van der Waals surface area contributed by atoms with Crippen LogP contribution in [0.1, 0.15) is 42.4 Å². The predicted octanol–water partition coefficient (Wildman–Crippen LogP) is 3.17. The molecule has 3 rings (SSSR count). The summed E-state index contributed by atoms with van der Waals surface area (Å²) in [6, 6.07) is 4.39.